The fraction of sp³-hybridized carbons (Fsp3) is 0.417. The zero-order valence-electron chi connectivity index (χ0n) is 9.79. The first kappa shape index (κ1) is 12.5. The largest absolute Gasteiger partial charge is 0.481 e. The number of aliphatic hydroxyl groups excluding tert-OH is 1. The third kappa shape index (κ3) is 1.74. The highest BCUT2D eigenvalue weighted by atomic mass is 16.6. The number of nitro groups is 1. The molecule has 1 aliphatic rings. The molecule has 0 heterocycles. The molecule has 0 radical (unpaired) electrons. The molecular formula is C12H13NO5. The lowest BCUT2D eigenvalue weighted by molar-refractivity contribution is -0.385. The van der Waals surface area contributed by atoms with Crippen molar-refractivity contribution in [3.63, 3.8) is 0 Å². The first-order chi connectivity index (χ1) is 8.36. The number of hydrogen-bond acceptors (Lipinski definition) is 4. The van der Waals surface area contributed by atoms with Crippen molar-refractivity contribution < 1.29 is 19.9 Å². The lowest BCUT2D eigenvalue weighted by Crippen LogP contribution is -2.50. The summed E-state index contributed by atoms with van der Waals surface area (Å²) in [5.74, 6) is -0.999. The molecule has 0 aliphatic heterocycles. The summed E-state index contributed by atoms with van der Waals surface area (Å²) < 4.78 is 0. The van der Waals surface area contributed by atoms with Crippen LogP contribution in [0, 0.1) is 17.0 Å². The third-order valence-electron chi connectivity index (χ3n) is 3.52. The summed E-state index contributed by atoms with van der Waals surface area (Å²) >= 11 is 0. The number of benzene rings is 1. The van der Waals surface area contributed by atoms with Gasteiger partial charge in [-0.3, -0.25) is 14.9 Å². The van der Waals surface area contributed by atoms with E-state index in [9.17, 15) is 25.1 Å². The van der Waals surface area contributed by atoms with Gasteiger partial charge in [-0.15, -0.1) is 0 Å². The van der Waals surface area contributed by atoms with Gasteiger partial charge in [0.05, 0.1) is 16.4 Å². The fourth-order valence-electron chi connectivity index (χ4n) is 2.44. The number of carbonyl (C=O) groups is 1. The predicted octanol–water partition coefficient (Wildman–Crippen LogP) is 1.38. The average Bonchev–Trinajstić information content (AvgIpc) is 2.23. The Balaban J connectivity index is 2.42. The second kappa shape index (κ2) is 4.06. The van der Waals surface area contributed by atoms with Crippen LogP contribution in [0.1, 0.15) is 24.0 Å². The van der Waals surface area contributed by atoms with Crippen LogP contribution in [-0.4, -0.2) is 27.2 Å². The monoisotopic (exact) mass is 251 g/mol. The van der Waals surface area contributed by atoms with Gasteiger partial charge in [0.1, 0.15) is 0 Å². The van der Waals surface area contributed by atoms with E-state index in [0.29, 0.717) is 11.1 Å². The zero-order chi connectivity index (χ0) is 13.5. The molecule has 0 amide bonds. The predicted molar refractivity (Wildman–Crippen MR) is 62.4 cm³/mol. The molecule has 0 atom stereocenters. The molecule has 0 saturated heterocycles. The molecule has 0 aromatic heterocycles. The van der Waals surface area contributed by atoms with Crippen LogP contribution < -0.4 is 0 Å². The Labute approximate surface area is 103 Å². The summed E-state index contributed by atoms with van der Waals surface area (Å²) in [6.45, 7) is 1.58. The van der Waals surface area contributed by atoms with Crippen LogP contribution in [0.4, 0.5) is 5.69 Å². The van der Waals surface area contributed by atoms with E-state index < -0.39 is 22.4 Å². The van der Waals surface area contributed by atoms with Crippen LogP contribution in [0.3, 0.4) is 0 Å². The molecule has 96 valence electrons. The number of nitro benzene ring substituents is 1. The van der Waals surface area contributed by atoms with Crippen molar-refractivity contribution in [1.29, 1.82) is 0 Å². The second-order valence-electron chi connectivity index (χ2n) is 4.71. The van der Waals surface area contributed by atoms with Gasteiger partial charge in [-0.05, 0) is 31.4 Å². The second-order valence-corrected chi connectivity index (χ2v) is 4.71. The van der Waals surface area contributed by atoms with E-state index in [0.717, 1.165) is 0 Å². The van der Waals surface area contributed by atoms with Crippen LogP contribution in [0.5, 0.6) is 0 Å². The fourth-order valence-corrected chi connectivity index (χ4v) is 2.44. The number of aliphatic carboxylic acids is 1. The van der Waals surface area contributed by atoms with Crippen LogP contribution in [0.2, 0.25) is 0 Å². The first-order valence-electron chi connectivity index (χ1n) is 5.54. The Morgan fingerprint density at radius 3 is 2.50 bits per heavy atom. The van der Waals surface area contributed by atoms with Crippen molar-refractivity contribution in [2.75, 3.05) is 0 Å². The van der Waals surface area contributed by atoms with Crippen molar-refractivity contribution in [2.45, 2.75) is 31.3 Å². The maximum absolute atomic E-state index is 11.3. The topological polar surface area (TPSA) is 101 Å². The quantitative estimate of drug-likeness (QED) is 0.624. The molecule has 6 heteroatoms. The normalized spacial score (nSPS) is 26.4. The lowest BCUT2D eigenvalue weighted by atomic mass is 9.62. The molecule has 1 aromatic rings. The van der Waals surface area contributed by atoms with Gasteiger partial charge in [-0.2, -0.15) is 0 Å². The smallest absolute Gasteiger partial charge is 0.314 e. The lowest BCUT2D eigenvalue weighted by Gasteiger charge is -2.42. The number of nitrogens with zero attached hydrogens (tertiary/aromatic N) is 1. The van der Waals surface area contributed by atoms with Gasteiger partial charge in [0.2, 0.25) is 0 Å². The SMILES string of the molecule is Cc1cc(C2(C(=O)O)CC(O)C2)ccc1[N+](=O)[O-]. The molecule has 6 nitrogen and oxygen atoms in total. The Hall–Kier alpha value is -1.95. The van der Waals surface area contributed by atoms with Crippen molar-refractivity contribution in [3.05, 3.63) is 39.4 Å². The number of rotatable bonds is 3. The number of aliphatic hydroxyl groups is 1. The van der Waals surface area contributed by atoms with Crippen LogP contribution in [0.15, 0.2) is 18.2 Å². The average molecular weight is 251 g/mol. The van der Waals surface area contributed by atoms with Gasteiger partial charge >= 0.3 is 5.97 Å². The highest BCUT2D eigenvalue weighted by Crippen LogP contribution is 2.45. The summed E-state index contributed by atoms with van der Waals surface area (Å²) in [5.41, 5.74) is -0.179. The molecule has 1 aromatic carbocycles. The van der Waals surface area contributed by atoms with Gasteiger partial charge in [0, 0.05) is 11.6 Å². The molecule has 2 N–H and O–H groups in total. The Morgan fingerprint density at radius 1 is 1.50 bits per heavy atom. The summed E-state index contributed by atoms with van der Waals surface area (Å²) in [5, 5.41) is 29.3. The summed E-state index contributed by atoms with van der Waals surface area (Å²) in [6, 6.07) is 4.31. The zero-order valence-corrected chi connectivity index (χ0v) is 9.79. The summed E-state index contributed by atoms with van der Waals surface area (Å²) in [4.78, 5) is 21.5. The van der Waals surface area contributed by atoms with Crippen LogP contribution in [0.25, 0.3) is 0 Å². The highest BCUT2D eigenvalue weighted by Gasteiger charge is 2.51. The first-order valence-corrected chi connectivity index (χ1v) is 5.54. The molecular weight excluding hydrogens is 238 g/mol. The van der Waals surface area contributed by atoms with E-state index in [1.54, 1.807) is 6.92 Å². The highest BCUT2D eigenvalue weighted by molar-refractivity contribution is 5.83. The number of carboxylic acids is 1. The van der Waals surface area contributed by atoms with Gasteiger partial charge in [-0.1, -0.05) is 6.07 Å². The van der Waals surface area contributed by atoms with Gasteiger partial charge in [-0.25, -0.2) is 0 Å². The van der Waals surface area contributed by atoms with E-state index in [2.05, 4.69) is 0 Å². The van der Waals surface area contributed by atoms with E-state index in [1.807, 2.05) is 0 Å². The van der Waals surface area contributed by atoms with Crippen LogP contribution >= 0.6 is 0 Å². The van der Waals surface area contributed by atoms with Gasteiger partial charge in [0.25, 0.3) is 5.69 Å². The standard InChI is InChI=1S/C12H13NO5/c1-7-4-8(2-3-10(7)13(17)18)12(11(15)16)5-9(14)6-12/h2-4,9,14H,5-6H2,1H3,(H,15,16). The molecule has 1 saturated carbocycles. The third-order valence-corrected chi connectivity index (χ3v) is 3.52. The van der Waals surface area contributed by atoms with Crippen LogP contribution in [-0.2, 0) is 10.2 Å². The molecule has 1 fully saturated rings. The van der Waals surface area contributed by atoms with Crippen molar-refractivity contribution in [1.82, 2.24) is 0 Å². The molecule has 0 spiro atoms. The minimum absolute atomic E-state index is 0.0286. The Kier molecular flexibility index (Phi) is 2.82. The maximum Gasteiger partial charge on any atom is 0.314 e. The Morgan fingerprint density at radius 2 is 2.11 bits per heavy atom. The number of carboxylic acid groups (broad SMARTS) is 1. The van der Waals surface area contributed by atoms with E-state index in [4.69, 9.17) is 0 Å². The van der Waals surface area contributed by atoms with E-state index >= 15 is 0 Å². The molecule has 0 unspecified atom stereocenters. The van der Waals surface area contributed by atoms with Crippen molar-refractivity contribution in [2.24, 2.45) is 0 Å². The minimum atomic E-state index is -1.10. The summed E-state index contributed by atoms with van der Waals surface area (Å²) in [6.07, 6.45) is -0.310. The maximum atomic E-state index is 11.3. The molecule has 18 heavy (non-hydrogen) atoms. The molecule has 0 bridgehead atoms. The number of aryl methyl sites for hydroxylation is 1. The van der Waals surface area contributed by atoms with Gasteiger partial charge in [0.15, 0.2) is 0 Å². The number of hydrogen-bond donors (Lipinski definition) is 2. The Bertz CT molecular complexity index is 519. The molecule has 2 rings (SSSR count). The minimum Gasteiger partial charge on any atom is -0.481 e. The van der Waals surface area contributed by atoms with Crippen molar-refractivity contribution in [3.8, 4) is 0 Å². The molecule has 1 aliphatic carbocycles. The van der Waals surface area contributed by atoms with Crippen molar-refractivity contribution >= 4 is 11.7 Å². The van der Waals surface area contributed by atoms with E-state index in [-0.39, 0.29) is 18.5 Å². The van der Waals surface area contributed by atoms with E-state index in [1.165, 1.54) is 18.2 Å². The van der Waals surface area contributed by atoms with Gasteiger partial charge < -0.3 is 10.2 Å². The summed E-state index contributed by atoms with van der Waals surface area (Å²) in [7, 11) is 0.